The SMILES string of the molecule is C=C(C)COCC(O)CBr.CCNCC. The fraction of sp³-hybridized carbons (Fsp3) is 0.818. The first-order valence-corrected chi connectivity index (χ1v) is 6.37. The molecule has 0 aromatic rings. The lowest BCUT2D eigenvalue weighted by atomic mass is 10.4. The molecule has 0 amide bonds. The van der Waals surface area contributed by atoms with Gasteiger partial charge in [-0.3, -0.25) is 0 Å². The van der Waals surface area contributed by atoms with Crippen LogP contribution in [-0.4, -0.2) is 42.8 Å². The maximum Gasteiger partial charge on any atom is 0.0870 e. The van der Waals surface area contributed by atoms with Crippen molar-refractivity contribution >= 4 is 15.9 Å². The summed E-state index contributed by atoms with van der Waals surface area (Å²) in [6.45, 7) is 12.8. The topological polar surface area (TPSA) is 41.5 Å². The maximum atomic E-state index is 8.97. The molecule has 0 fully saturated rings. The molecule has 0 bridgehead atoms. The Kier molecular flexibility index (Phi) is 16.4. The average Bonchev–Trinajstić information content (AvgIpc) is 2.19. The normalized spacial score (nSPS) is 11.5. The summed E-state index contributed by atoms with van der Waals surface area (Å²) >= 11 is 3.13. The van der Waals surface area contributed by atoms with E-state index in [-0.39, 0.29) is 0 Å². The highest BCUT2D eigenvalue weighted by Gasteiger charge is 1.99. The number of aliphatic hydroxyl groups is 1. The molecule has 0 aliphatic carbocycles. The standard InChI is InChI=1S/C7H13BrO2.C4H11N/c1-6(2)4-10-5-7(9)3-8;1-3-5-4-2/h7,9H,1,3-5H2,2H3;5H,3-4H2,1-2H3. The molecule has 0 rings (SSSR count). The van der Waals surface area contributed by atoms with Gasteiger partial charge in [0.25, 0.3) is 0 Å². The number of rotatable bonds is 7. The summed E-state index contributed by atoms with van der Waals surface area (Å²) in [5.41, 5.74) is 0.974. The third-order valence-corrected chi connectivity index (χ3v) is 2.08. The van der Waals surface area contributed by atoms with Crippen LogP contribution in [0.25, 0.3) is 0 Å². The Labute approximate surface area is 102 Å². The minimum absolute atomic E-state index is 0.373. The quantitative estimate of drug-likeness (QED) is 0.554. The molecule has 1 atom stereocenters. The van der Waals surface area contributed by atoms with Gasteiger partial charge in [-0.1, -0.05) is 41.9 Å². The predicted octanol–water partition coefficient (Wildman–Crippen LogP) is 1.95. The van der Waals surface area contributed by atoms with Gasteiger partial charge in [0.15, 0.2) is 0 Å². The van der Waals surface area contributed by atoms with Gasteiger partial charge in [-0.2, -0.15) is 0 Å². The van der Waals surface area contributed by atoms with Crippen molar-refractivity contribution in [2.24, 2.45) is 0 Å². The third kappa shape index (κ3) is 20.2. The van der Waals surface area contributed by atoms with Gasteiger partial charge in [0, 0.05) is 5.33 Å². The Morgan fingerprint density at radius 2 is 2.00 bits per heavy atom. The zero-order valence-electron chi connectivity index (χ0n) is 10.1. The molecule has 4 heteroatoms. The van der Waals surface area contributed by atoms with Gasteiger partial charge >= 0.3 is 0 Å². The number of alkyl halides is 1. The minimum Gasteiger partial charge on any atom is -0.390 e. The van der Waals surface area contributed by atoms with Crippen LogP contribution in [0.2, 0.25) is 0 Å². The number of aliphatic hydroxyl groups excluding tert-OH is 1. The fourth-order valence-corrected chi connectivity index (χ4v) is 0.851. The van der Waals surface area contributed by atoms with Crippen molar-refractivity contribution in [1.29, 1.82) is 0 Å². The summed E-state index contributed by atoms with van der Waals surface area (Å²) in [5, 5.41) is 12.6. The van der Waals surface area contributed by atoms with E-state index in [1.807, 2.05) is 6.92 Å². The molecule has 0 radical (unpaired) electrons. The van der Waals surface area contributed by atoms with Crippen molar-refractivity contribution in [3.63, 3.8) is 0 Å². The van der Waals surface area contributed by atoms with Gasteiger partial charge in [-0.05, 0) is 20.0 Å². The molecule has 0 spiro atoms. The molecule has 0 saturated carbocycles. The van der Waals surface area contributed by atoms with E-state index >= 15 is 0 Å². The fourth-order valence-electron chi connectivity index (χ4n) is 0.664. The van der Waals surface area contributed by atoms with Crippen LogP contribution in [0.1, 0.15) is 20.8 Å². The molecule has 3 nitrogen and oxygen atoms in total. The molecule has 1 unspecified atom stereocenters. The van der Waals surface area contributed by atoms with Crippen LogP contribution in [0.3, 0.4) is 0 Å². The van der Waals surface area contributed by atoms with E-state index in [0.29, 0.717) is 18.5 Å². The number of hydrogen-bond donors (Lipinski definition) is 2. The van der Waals surface area contributed by atoms with Crippen molar-refractivity contribution in [2.75, 3.05) is 31.6 Å². The first-order valence-electron chi connectivity index (χ1n) is 5.25. The third-order valence-electron chi connectivity index (χ3n) is 1.34. The Balaban J connectivity index is 0. The van der Waals surface area contributed by atoms with Crippen LogP contribution in [0, 0.1) is 0 Å². The lowest BCUT2D eigenvalue weighted by Crippen LogP contribution is -2.16. The van der Waals surface area contributed by atoms with Crippen molar-refractivity contribution in [3.8, 4) is 0 Å². The molecule has 2 N–H and O–H groups in total. The van der Waals surface area contributed by atoms with E-state index in [0.717, 1.165) is 18.7 Å². The van der Waals surface area contributed by atoms with E-state index in [1.54, 1.807) is 0 Å². The van der Waals surface area contributed by atoms with E-state index in [2.05, 4.69) is 41.7 Å². The monoisotopic (exact) mass is 281 g/mol. The van der Waals surface area contributed by atoms with Gasteiger partial charge in [0.2, 0.25) is 0 Å². The first kappa shape index (κ1) is 17.5. The van der Waals surface area contributed by atoms with Gasteiger partial charge in [0.05, 0.1) is 19.3 Å². The van der Waals surface area contributed by atoms with E-state index < -0.39 is 6.10 Å². The second kappa shape index (κ2) is 14.1. The molecule has 0 aliphatic heterocycles. The number of ether oxygens (including phenoxy) is 1. The van der Waals surface area contributed by atoms with Crippen molar-refractivity contribution in [3.05, 3.63) is 12.2 Å². The van der Waals surface area contributed by atoms with Gasteiger partial charge in [-0.15, -0.1) is 0 Å². The number of nitrogens with one attached hydrogen (secondary N) is 1. The predicted molar refractivity (Wildman–Crippen MR) is 69.7 cm³/mol. The number of hydrogen-bond acceptors (Lipinski definition) is 3. The molecular weight excluding hydrogens is 258 g/mol. The minimum atomic E-state index is -0.403. The Morgan fingerprint density at radius 1 is 1.47 bits per heavy atom. The molecule has 0 saturated heterocycles. The smallest absolute Gasteiger partial charge is 0.0870 e. The molecule has 0 aromatic carbocycles. The van der Waals surface area contributed by atoms with Gasteiger partial charge in [0.1, 0.15) is 0 Å². The van der Waals surface area contributed by atoms with Crippen LogP contribution in [0.15, 0.2) is 12.2 Å². The van der Waals surface area contributed by atoms with Crippen molar-refractivity contribution in [2.45, 2.75) is 26.9 Å². The Hall–Kier alpha value is 0.100. The lowest BCUT2D eigenvalue weighted by molar-refractivity contribution is 0.0603. The Bertz CT molecular complexity index is 141. The molecule has 0 aliphatic rings. The first-order chi connectivity index (χ1) is 7.08. The van der Waals surface area contributed by atoms with E-state index in [4.69, 9.17) is 9.84 Å². The highest BCUT2D eigenvalue weighted by atomic mass is 79.9. The molecule has 0 heterocycles. The highest BCUT2D eigenvalue weighted by Crippen LogP contribution is 1.93. The zero-order chi connectivity index (χ0) is 12.1. The molecular formula is C11H24BrNO2. The summed E-state index contributed by atoms with van der Waals surface area (Å²) in [6, 6.07) is 0. The second-order valence-electron chi connectivity index (χ2n) is 3.24. The molecule has 0 aromatic heterocycles. The lowest BCUT2D eigenvalue weighted by Gasteiger charge is -2.06. The summed E-state index contributed by atoms with van der Waals surface area (Å²) in [5.74, 6) is 0. The molecule has 15 heavy (non-hydrogen) atoms. The van der Waals surface area contributed by atoms with Crippen LogP contribution in [0.4, 0.5) is 0 Å². The summed E-state index contributed by atoms with van der Waals surface area (Å²) in [6.07, 6.45) is -0.403. The second-order valence-corrected chi connectivity index (χ2v) is 3.88. The largest absolute Gasteiger partial charge is 0.390 e. The van der Waals surface area contributed by atoms with Gasteiger partial charge in [-0.25, -0.2) is 0 Å². The molecule has 92 valence electrons. The summed E-state index contributed by atoms with van der Waals surface area (Å²) in [4.78, 5) is 0. The van der Waals surface area contributed by atoms with Crippen LogP contribution < -0.4 is 5.32 Å². The van der Waals surface area contributed by atoms with E-state index in [1.165, 1.54) is 0 Å². The van der Waals surface area contributed by atoms with Crippen LogP contribution >= 0.6 is 15.9 Å². The van der Waals surface area contributed by atoms with Gasteiger partial charge < -0.3 is 15.2 Å². The van der Waals surface area contributed by atoms with E-state index in [9.17, 15) is 0 Å². The number of halogens is 1. The summed E-state index contributed by atoms with van der Waals surface area (Å²) in [7, 11) is 0. The maximum absolute atomic E-state index is 8.97. The van der Waals surface area contributed by atoms with Crippen molar-refractivity contribution in [1.82, 2.24) is 5.32 Å². The van der Waals surface area contributed by atoms with Crippen molar-refractivity contribution < 1.29 is 9.84 Å². The van der Waals surface area contributed by atoms with Crippen LogP contribution in [-0.2, 0) is 4.74 Å². The zero-order valence-corrected chi connectivity index (χ0v) is 11.6. The average molecular weight is 282 g/mol. The summed E-state index contributed by atoms with van der Waals surface area (Å²) < 4.78 is 5.07. The highest BCUT2D eigenvalue weighted by molar-refractivity contribution is 9.09. The Morgan fingerprint density at radius 3 is 2.27 bits per heavy atom. The van der Waals surface area contributed by atoms with Crippen LogP contribution in [0.5, 0.6) is 0 Å².